The summed E-state index contributed by atoms with van der Waals surface area (Å²) in [5.41, 5.74) is 8.09. The molecule has 3 aromatic carbocycles. The summed E-state index contributed by atoms with van der Waals surface area (Å²) in [7, 11) is 0. The number of hydrogen-bond acceptors (Lipinski definition) is 5. The van der Waals surface area contributed by atoms with E-state index in [9.17, 15) is 0 Å². The van der Waals surface area contributed by atoms with Crippen LogP contribution < -0.4 is 15.8 Å². The first-order valence-corrected chi connectivity index (χ1v) is 8.85. The number of ether oxygens (including phenoxy) is 1. The number of nitrogens with one attached hydrogen (secondary N) is 1. The van der Waals surface area contributed by atoms with E-state index in [1.54, 1.807) is 6.33 Å². The molecule has 0 bridgehead atoms. The molecule has 0 aliphatic carbocycles. The van der Waals surface area contributed by atoms with Gasteiger partial charge in [0, 0.05) is 16.6 Å². The van der Waals surface area contributed by atoms with Crippen LogP contribution in [0.25, 0.3) is 10.9 Å². The Labute approximate surface area is 163 Å². The molecule has 28 heavy (non-hydrogen) atoms. The van der Waals surface area contributed by atoms with Crippen LogP contribution in [0.3, 0.4) is 0 Å². The van der Waals surface area contributed by atoms with Gasteiger partial charge in [-0.3, -0.25) is 0 Å². The van der Waals surface area contributed by atoms with Crippen molar-refractivity contribution in [2.24, 2.45) is 5.73 Å². The molecule has 5 nitrogen and oxygen atoms in total. The van der Waals surface area contributed by atoms with Crippen LogP contribution in [0.15, 0.2) is 79.1 Å². The molecule has 0 fully saturated rings. The Bertz CT molecular complexity index is 1150. The Hall–Kier alpha value is -3.88. The summed E-state index contributed by atoms with van der Waals surface area (Å²) in [4.78, 5) is 8.71. The molecule has 4 aromatic rings. The highest BCUT2D eigenvalue weighted by Gasteiger charge is 2.05. The lowest BCUT2D eigenvalue weighted by Gasteiger charge is -2.10. The third-order valence-electron chi connectivity index (χ3n) is 4.07. The van der Waals surface area contributed by atoms with Crippen molar-refractivity contribution in [3.8, 4) is 23.3 Å². The molecule has 0 saturated heterocycles. The predicted molar refractivity (Wildman–Crippen MR) is 112 cm³/mol. The first kappa shape index (κ1) is 17.5. The summed E-state index contributed by atoms with van der Waals surface area (Å²) in [6.45, 7) is 0.325. The molecule has 1 aromatic heterocycles. The molecular formula is C23H18N4O. The van der Waals surface area contributed by atoms with Gasteiger partial charge < -0.3 is 15.8 Å². The maximum absolute atomic E-state index is 5.83. The summed E-state index contributed by atoms with van der Waals surface area (Å²) >= 11 is 0. The van der Waals surface area contributed by atoms with Crippen LogP contribution in [0.2, 0.25) is 0 Å². The molecule has 0 aliphatic heterocycles. The zero-order valence-corrected chi connectivity index (χ0v) is 15.1. The van der Waals surface area contributed by atoms with Crippen molar-refractivity contribution >= 4 is 22.4 Å². The Morgan fingerprint density at radius 2 is 1.68 bits per heavy atom. The third kappa shape index (κ3) is 4.09. The van der Waals surface area contributed by atoms with Crippen LogP contribution in [0.4, 0.5) is 11.5 Å². The van der Waals surface area contributed by atoms with Crippen molar-refractivity contribution in [2.45, 2.75) is 0 Å². The Morgan fingerprint density at radius 3 is 2.46 bits per heavy atom. The van der Waals surface area contributed by atoms with E-state index in [4.69, 9.17) is 10.5 Å². The smallest absolute Gasteiger partial charge is 0.141 e. The first-order chi connectivity index (χ1) is 13.8. The highest BCUT2D eigenvalue weighted by atomic mass is 16.5. The lowest BCUT2D eigenvalue weighted by molar-refractivity contribution is 0.483. The zero-order chi connectivity index (χ0) is 19.2. The SMILES string of the molecule is NCC#Cc1ccc2ncnc(Nc3ccc(Oc4ccccc4)cc3)c2c1. The first-order valence-electron chi connectivity index (χ1n) is 8.85. The van der Waals surface area contributed by atoms with Crippen molar-refractivity contribution < 1.29 is 4.74 Å². The van der Waals surface area contributed by atoms with Crippen molar-refractivity contribution in [3.63, 3.8) is 0 Å². The van der Waals surface area contributed by atoms with Gasteiger partial charge in [0.1, 0.15) is 23.6 Å². The van der Waals surface area contributed by atoms with Crippen LogP contribution >= 0.6 is 0 Å². The van der Waals surface area contributed by atoms with E-state index in [0.717, 1.165) is 39.5 Å². The van der Waals surface area contributed by atoms with Crippen molar-refractivity contribution in [2.75, 3.05) is 11.9 Å². The Balaban J connectivity index is 1.57. The second-order valence-electron chi connectivity index (χ2n) is 6.02. The number of fused-ring (bicyclic) bond motifs is 1. The molecular weight excluding hydrogens is 348 g/mol. The number of benzene rings is 3. The highest BCUT2D eigenvalue weighted by molar-refractivity contribution is 5.91. The van der Waals surface area contributed by atoms with Crippen LogP contribution in [0.1, 0.15) is 5.56 Å². The van der Waals surface area contributed by atoms with E-state index in [1.807, 2.05) is 72.8 Å². The van der Waals surface area contributed by atoms with Gasteiger partial charge in [-0.05, 0) is 54.6 Å². The zero-order valence-electron chi connectivity index (χ0n) is 15.1. The van der Waals surface area contributed by atoms with Crippen LogP contribution in [-0.4, -0.2) is 16.5 Å². The van der Waals surface area contributed by atoms with Crippen molar-refractivity contribution in [1.82, 2.24) is 9.97 Å². The van der Waals surface area contributed by atoms with Crippen molar-refractivity contribution in [1.29, 1.82) is 0 Å². The van der Waals surface area contributed by atoms with E-state index in [-0.39, 0.29) is 0 Å². The average molecular weight is 366 g/mol. The molecule has 0 spiro atoms. The largest absolute Gasteiger partial charge is 0.457 e. The van der Waals surface area contributed by atoms with Crippen molar-refractivity contribution in [3.05, 3.63) is 84.7 Å². The molecule has 4 rings (SSSR count). The van der Waals surface area contributed by atoms with E-state index in [1.165, 1.54) is 0 Å². The number of para-hydroxylation sites is 1. The Morgan fingerprint density at radius 1 is 0.893 bits per heavy atom. The standard InChI is InChI=1S/C23H18N4O/c24-14-4-5-17-8-13-22-21(15-17)23(26-16-25-22)27-18-9-11-20(12-10-18)28-19-6-2-1-3-7-19/h1-3,6-13,15-16H,14,24H2,(H,25,26,27). The summed E-state index contributed by atoms with van der Waals surface area (Å²) in [5.74, 6) is 8.20. The number of nitrogens with two attached hydrogens (primary N) is 1. The minimum Gasteiger partial charge on any atom is -0.457 e. The molecule has 0 saturated carbocycles. The van der Waals surface area contributed by atoms with Crippen LogP contribution in [0, 0.1) is 11.8 Å². The summed E-state index contributed by atoms with van der Waals surface area (Å²) in [6.07, 6.45) is 1.54. The second-order valence-corrected chi connectivity index (χ2v) is 6.02. The van der Waals surface area contributed by atoms with Gasteiger partial charge in [0.25, 0.3) is 0 Å². The summed E-state index contributed by atoms with van der Waals surface area (Å²) < 4.78 is 5.83. The van der Waals surface area contributed by atoms with Gasteiger partial charge in [0.2, 0.25) is 0 Å². The normalized spacial score (nSPS) is 10.2. The molecule has 136 valence electrons. The highest BCUT2D eigenvalue weighted by Crippen LogP contribution is 2.26. The maximum atomic E-state index is 5.83. The molecule has 0 radical (unpaired) electrons. The van der Waals surface area contributed by atoms with Gasteiger partial charge in [0.15, 0.2) is 0 Å². The quantitative estimate of drug-likeness (QED) is 0.521. The van der Waals surface area contributed by atoms with Crippen LogP contribution in [-0.2, 0) is 0 Å². The fourth-order valence-corrected chi connectivity index (χ4v) is 2.75. The van der Waals surface area contributed by atoms with Gasteiger partial charge >= 0.3 is 0 Å². The average Bonchev–Trinajstić information content (AvgIpc) is 2.75. The van der Waals surface area contributed by atoms with E-state index >= 15 is 0 Å². The van der Waals surface area contributed by atoms with E-state index in [0.29, 0.717) is 6.54 Å². The topological polar surface area (TPSA) is 73.1 Å². The van der Waals surface area contributed by atoms with Gasteiger partial charge in [-0.1, -0.05) is 30.0 Å². The maximum Gasteiger partial charge on any atom is 0.141 e. The van der Waals surface area contributed by atoms with Crippen LogP contribution in [0.5, 0.6) is 11.5 Å². The summed E-state index contributed by atoms with van der Waals surface area (Å²) in [6, 6.07) is 23.2. The molecule has 1 heterocycles. The number of anilines is 2. The molecule has 0 amide bonds. The van der Waals surface area contributed by atoms with Gasteiger partial charge in [-0.2, -0.15) is 0 Å². The molecule has 5 heteroatoms. The molecule has 3 N–H and O–H groups in total. The lowest BCUT2D eigenvalue weighted by Crippen LogP contribution is -1.97. The van der Waals surface area contributed by atoms with Gasteiger partial charge in [-0.25, -0.2) is 9.97 Å². The minimum atomic E-state index is 0.325. The van der Waals surface area contributed by atoms with E-state index < -0.39 is 0 Å². The predicted octanol–water partition coefficient (Wildman–Crippen LogP) is 4.48. The minimum absolute atomic E-state index is 0.325. The Kier molecular flexibility index (Phi) is 5.14. The van der Waals surface area contributed by atoms with E-state index in [2.05, 4.69) is 27.1 Å². The second kappa shape index (κ2) is 8.21. The molecule has 0 atom stereocenters. The molecule has 0 aliphatic rings. The lowest BCUT2D eigenvalue weighted by atomic mass is 10.1. The van der Waals surface area contributed by atoms with Gasteiger partial charge in [0.05, 0.1) is 12.1 Å². The fourth-order valence-electron chi connectivity index (χ4n) is 2.75. The monoisotopic (exact) mass is 366 g/mol. The number of nitrogens with zero attached hydrogens (tertiary/aromatic N) is 2. The fraction of sp³-hybridized carbons (Fsp3) is 0.0435. The molecule has 0 unspecified atom stereocenters. The van der Waals surface area contributed by atoms with Gasteiger partial charge in [-0.15, -0.1) is 0 Å². The number of rotatable bonds is 4. The number of aromatic nitrogens is 2. The third-order valence-corrected chi connectivity index (χ3v) is 4.07. The summed E-state index contributed by atoms with van der Waals surface area (Å²) in [5, 5.41) is 4.24. The number of hydrogen-bond donors (Lipinski definition) is 2.